The number of carbonyl (C=O) groups is 4. The van der Waals surface area contributed by atoms with Crippen LogP contribution in [-0.2, 0) is 37.5 Å². The number of carbonyl (C=O) groups excluding carboxylic acids is 4. The maximum atomic E-state index is 12.3. The first-order valence-electron chi connectivity index (χ1n) is 40.2. The van der Waals surface area contributed by atoms with Gasteiger partial charge in [0.05, 0.1) is 70.6 Å². The first-order chi connectivity index (χ1) is 61.7. The van der Waals surface area contributed by atoms with Gasteiger partial charge in [0.15, 0.2) is 35.2 Å². The fraction of sp³-hybridized carbons (Fsp3) is 0.141. The smallest absolute Gasteiger partial charge is 0.258 e. The molecule has 8 aromatic carbocycles. The molecule has 664 valence electrons. The van der Waals surface area contributed by atoms with Crippen LogP contribution in [0, 0.1) is 13.8 Å². The van der Waals surface area contributed by atoms with Crippen molar-refractivity contribution in [2.75, 3.05) is 34.4 Å². The molecule has 11 heterocycles. The normalized spacial score (nSPS) is 11.9. The highest BCUT2D eigenvalue weighted by Gasteiger charge is 2.19. The fourth-order valence-corrected chi connectivity index (χ4v) is 14.2. The van der Waals surface area contributed by atoms with Crippen LogP contribution in [0.25, 0.3) is 43.6 Å². The van der Waals surface area contributed by atoms with E-state index in [9.17, 15) is 39.6 Å². The number of hydrogen-bond donors (Lipinski definition) is 16. The van der Waals surface area contributed by atoms with E-state index in [1.54, 1.807) is 55.2 Å². The second-order valence-corrected chi connectivity index (χ2v) is 30.0. The Morgan fingerprint density at radius 3 is 0.969 bits per heavy atom. The van der Waals surface area contributed by atoms with Crippen LogP contribution in [0.2, 0.25) is 0 Å². The maximum Gasteiger partial charge on any atom is 0.258 e. The zero-order valence-electron chi connectivity index (χ0n) is 68.9. The topological polar surface area (TPSA) is 467 Å². The van der Waals surface area contributed by atoms with Crippen LogP contribution in [0.5, 0.6) is 23.5 Å². The van der Waals surface area contributed by atoms with Crippen LogP contribution in [0.1, 0.15) is 146 Å². The summed E-state index contributed by atoms with van der Waals surface area (Å²) < 4.78 is 1.59. The minimum absolute atomic E-state index is 0. The second-order valence-electron chi connectivity index (χ2n) is 30.0. The molecule has 4 amide bonds. The summed E-state index contributed by atoms with van der Waals surface area (Å²) in [4.78, 5) is 85.6. The third-order valence-corrected chi connectivity index (χ3v) is 20.5. The number of hydrogen-bond acceptors (Lipinski definition) is 19. The Labute approximate surface area is 753 Å². The van der Waals surface area contributed by atoms with E-state index in [2.05, 4.69) is 123 Å². The number of H-pyrrole nitrogens is 8. The molecule has 0 saturated carbocycles. The molecule has 2 aliphatic heterocycles. The van der Waals surface area contributed by atoms with Crippen LogP contribution in [-0.4, -0.2) is 164 Å². The molecule has 19 rings (SSSR count). The molecule has 32 nitrogen and oxygen atoms in total. The Bertz CT molecular complexity index is 7130. The van der Waals surface area contributed by atoms with Crippen LogP contribution >= 0.6 is 0 Å². The summed E-state index contributed by atoms with van der Waals surface area (Å²) in [6.45, 7) is 6.59. The lowest BCUT2D eigenvalue weighted by molar-refractivity contribution is -0.114. The Morgan fingerprint density at radius 1 is 0.397 bits per heavy atom. The SMILES string of the molecule is C.C.C.C.CC(=O)Nc1ccc(Cc2ccc3[nH]c(O)c(C=NC4=NCC=C4)c3c2)cc1.Cc1cc(N=Cc2c(O)[nH]c3ccc(Cc4ccc(NC(=O)c5cn[nH]c5)cc4)cc23)n[nH]1.Cc1cc(N=Cc2c(O)[nH]c3ccc(Cc4ccc(NC(=O)c5cnn(C)c5)cc4)cc23)n[nH]1.O=C(Nc1ccc(Cc2ccc3[nH]c(O)c(C=NC4=NCC=C4)c3c2)cc1)c1cn[nH]c1. The molecular weight excluding hydrogens is 1650 g/mol. The highest BCUT2D eigenvalue weighted by atomic mass is 16.3. The average Bonchev–Trinajstić information content (AvgIpc) is 1.67. The number of aromatic hydroxyl groups is 4. The van der Waals surface area contributed by atoms with E-state index in [0.29, 0.717) is 106 Å². The summed E-state index contributed by atoms with van der Waals surface area (Å²) in [7, 11) is 1.77. The number of amidine groups is 2. The molecule has 0 aliphatic carbocycles. The minimum atomic E-state index is -0.214. The van der Waals surface area contributed by atoms with Crippen molar-refractivity contribution in [3.8, 4) is 23.5 Å². The zero-order chi connectivity index (χ0) is 87.9. The number of nitrogens with one attached hydrogen (secondary N) is 12. The van der Waals surface area contributed by atoms with Gasteiger partial charge < -0.3 is 61.6 Å². The van der Waals surface area contributed by atoms with Gasteiger partial charge >= 0.3 is 0 Å². The Kier molecular flexibility index (Phi) is 30.1. The van der Waals surface area contributed by atoms with Gasteiger partial charge in [-0.25, -0.2) is 20.0 Å². The standard InChI is InChI=1S/C25H23N7O2.C24H21N7O2.C24H20N6O2.C22H20N4O2.4CH4/c1-15-9-23(31-30-15)26-13-21-20-11-17(5-8-22(20)29-25(21)34)10-16-3-6-19(7-4-16)28-24(33)18-12-27-32(2)14-18;1-14-8-22(31-30-14)25-13-20-19-10-16(4-7-21(19)29-24(20)33)9-15-2-5-18(6-3-15)28-23(32)17-11-26-27-12-17;31-23(17-12-27-28-13-17)29-18-6-3-15(4-7-18)10-16-5-8-21-19(11-16)20(24(32)30-21)14-26-22-2-1-9-25-22;1-14(27)25-17-7-4-15(5-8-17)11-16-6-9-20-18(12-16)19(22(28)26-20)13-24-21-3-2-10-23-21;;;;/h3-9,11-14,29,34H,10H2,1-2H3,(H,28,33)(H,30,31);2-8,10-13,29,33H,9H2,1H3,(H,26,27)(H,28,32)(H,30,31);1-8,11-14,30,32H,9-10H2,(H,27,28)(H,29,31);2-9,12-13,26,28H,10-11H2,1H3,(H,25,27);4*1H4. The van der Waals surface area contributed by atoms with Gasteiger partial charge in [-0.15, -0.1) is 0 Å². The second kappa shape index (κ2) is 42.5. The third kappa shape index (κ3) is 23.6. The molecule has 2 aliphatic rings. The van der Waals surface area contributed by atoms with Crippen LogP contribution in [0.4, 0.5) is 34.4 Å². The lowest BCUT2D eigenvalue weighted by atomic mass is 10.0. The number of aromatic amines is 8. The number of aliphatic imine (C=N–C) groups is 6. The number of aryl methyl sites for hydroxylation is 3. The number of rotatable bonds is 21. The van der Waals surface area contributed by atoms with E-state index in [4.69, 9.17) is 0 Å². The lowest BCUT2D eigenvalue weighted by Gasteiger charge is -2.06. The van der Waals surface area contributed by atoms with Crippen molar-refractivity contribution in [3.05, 3.63) is 338 Å². The molecule has 0 atom stereocenters. The van der Waals surface area contributed by atoms with Gasteiger partial charge in [-0.05, 0) is 193 Å². The van der Waals surface area contributed by atoms with E-state index in [-0.39, 0.29) is 76.9 Å². The van der Waals surface area contributed by atoms with Gasteiger partial charge in [-0.3, -0.25) is 54.2 Å². The largest absolute Gasteiger partial charge is 0.494 e. The molecule has 0 unspecified atom stereocenters. The van der Waals surface area contributed by atoms with Gasteiger partial charge in [0.25, 0.3) is 17.7 Å². The van der Waals surface area contributed by atoms with Crippen molar-refractivity contribution in [1.82, 2.24) is 70.5 Å². The fourth-order valence-electron chi connectivity index (χ4n) is 14.2. The minimum Gasteiger partial charge on any atom is -0.494 e. The van der Waals surface area contributed by atoms with Crippen molar-refractivity contribution in [3.63, 3.8) is 0 Å². The van der Waals surface area contributed by atoms with Gasteiger partial charge in [0.1, 0.15) is 11.7 Å². The van der Waals surface area contributed by atoms with Gasteiger partial charge in [0, 0.05) is 147 Å². The lowest BCUT2D eigenvalue weighted by Crippen LogP contribution is -2.11. The zero-order valence-corrected chi connectivity index (χ0v) is 68.9. The number of anilines is 4. The number of amides is 4. The van der Waals surface area contributed by atoms with Crippen LogP contribution < -0.4 is 21.3 Å². The molecule has 17 aromatic rings. The molecule has 0 spiro atoms. The highest BCUT2D eigenvalue weighted by molar-refractivity contribution is 6.11. The summed E-state index contributed by atoms with van der Waals surface area (Å²) in [5.74, 6) is 2.02. The Morgan fingerprint density at radius 2 is 0.702 bits per heavy atom. The molecule has 0 saturated heterocycles. The van der Waals surface area contributed by atoms with Gasteiger partial charge in [-0.2, -0.15) is 25.5 Å². The van der Waals surface area contributed by atoms with E-state index >= 15 is 0 Å². The summed E-state index contributed by atoms with van der Waals surface area (Å²) in [6, 6.07) is 58.7. The summed E-state index contributed by atoms with van der Waals surface area (Å²) in [5, 5.41) is 86.9. The highest BCUT2D eigenvalue weighted by Crippen LogP contribution is 2.34. The summed E-state index contributed by atoms with van der Waals surface area (Å²) in [5.41, 5.74) is 20.9. The quantitative estimate of drug-likeness (QED) is 0.0298. The van der Waals surface area contributed by atoms with E-state index in [0.717, 1.165) is 117 Å². The monoisotopic (exact) mass is 1750 g/mol. The first-order valence-corrected chi connectivity index (χ1v) is 40.2. The number of aromatic nitrogens is 14. The van der Waals surface area contributed by atoms with E-state index in [1.165, 1.54) is 25.5 Å². The van der Waals surface area contributed by atoms with Gasteiger partial charge in [-0.1, -0.05) is 115 Å². The van der Waals surface area contributed by atoms with Crippen molar-refractivity contribution in [2.45, 2.75) is 76.2 Å². The van der Waals surface area contributed by atoms with Crippen molar-refractivity contribution >= 4 is 138 Å². The molecule has 32 heteroatoms. The molecule has 0 fully saturated rings. The van der Waals surface area contributed by atoms with Crippen LogP contribution in [0.15, 0.2) is 273 Å². The molecule has 0 radical (unpaired) electrons. The molecule has 9 aromatic heterocycles. The van der Waals surface area contributed by atoms with Crippen LogP contribution in [0.3, 0.4) is 0 Å². The molecule has 131 heavy (non-hydrogen) atoms. The van der Waals surface area contributed by atoms with E-state index < -0.39 is 0 Å². The van der Waals surface area contributed by atoms with Crippen molar-refractivity contribution < 1.29 is 39.6 Å². The summed E-state index contributed by atoms with van der Waals surface area (Å²) in [6.07, 6.45) is 26.3. The number of benzene rings is 8. The predicted octanol–water partition coefficient (Wildman–Crippen LogP) is 18.6. The Hall–Kier alpha value is -17.5. The predicted molar refractivity (Wildman–Crippen MR) is 522 cm³/mol. The number of nitrogens with zero attached hydrogens (tertiary/aromatic N) is 12. The molecule has 0 bridgehead atoms. The average molecular weight is 1750 g/mol. The number of fused-ring (bicyclic) bond motifs is 4. The van der Waals surface area contributed by atoms with Gasteiger partial charge in [0.2, 0.25) is 5.91 Å². The van der Waals surface area contributed by atoms with Crippen molar-refractivity contribution in [1.29, 1.82) is 0 Å². The maximum absolute atomic E-state index is 12.3. The third-order valence-electron chi connectivity index (χ3n) is 20.5. The Balaban J connectivity index is 0.000000157. The van der Waals surface area contributed by atoms with Crippen molar-refractivity contribution in [2.24, 2.45) is 37.0 Å². The van der Waals surface area contributed by atoms with E-state index in [1.807, 2.05) is 214 Å². The first kappa shape index (κ1) is 92.7. The molecule has 16 N–H and O–H groups in total. The molecular formula is C99H100N24O8. The summed E-state index contributed by atoms with van der Waals surface area (Å²) >= 11 is 0.